The van der Waals surface area contributed by atoms with Gasteiger partial charge in [0.15, 0.2) is 5.78 Å². The molecule has 1 unspecified atom stereocenters. The van der Waals surface area contributed by atoms with Crippen molar-refractivity contribution in [2.24, 2.45) is 5.73 Å². The van der Waals surface area contributed by atoms with E-state index in [-0.39, 0.29) is 16.5 Å². The number of carbonyl (C=O) groups excluding carboxylic acids is 1. The van der Waals surface area contributed by atoms with Crippen LogP contribution in [0.3, 0.4) is 0 Å². The molecule has 3 rings (SSSR count). The number of nitrogens with two attached hydrogens (primary N) is 1. The van der Waals surface area contributed by atoms with Crippen molar-refractivity contribution in [3.05, 3.63) is 101 Å². The van der Waals surface area contributed by atoms with Gasteiger partial charge in [-0.25, -0.2) is 13.1 Å². The Morgan fingerprint density at radius 3 is 2.12 bits per heavy atom. The predicted octanol–water partition coefficient (Wildman–Crippen LogP) is 3.83. The van der Waals surface area contributed by atoms with Crippen molar-refractivity contribution in [2.75, 3.05) is 0 Å². The monoisotopic (exact) mass is 449 g/mol. The van der Waals surface area contributed by atoms with Crippen LogP contribution in [0.25, 0.3) is 0 Å². The second kappa shape index (κ2) is 10.3. The maximum atomic E-state index is 13.2. The molecule has 0 bridgehead atoms. The summed E-state index contributed by atoms with van der Waals surface area (Å²) in [4.78, 5) is 13.3. The number of aryl methyl sites for hydroxylation is 2. The van der Waals surface area contributed by atoms with Crippen LogP contribution in [0, 0.1) is 12.3 Å². The first-order chi connectivity index (χ1) is 15.3. The normalized spacial score (nSPS) is 12.3. The van der Waals surface area contributed by atoms with Gasteiger partial charge in [0, 0.05) is 11.1 Å². The summed E-state index contributed by atoms with van der Waals surface area (Å²) in [6.07, 6.45) is 1.73. The van der Waals surface area contributed by atoms with Gasteiger partial charge < -0.3 is 5.73 Å². The van der Waals surface area contributed by atoms with E-state index in [0.29, 0.717) is 24.0 Å². The Kier molecular flexibility index (Phi) is 7.56. The molecule has 166 valence electrons. The van der Waals surface area contributed by atoms with Crippen molar-refractivity contribution in [1.29, 1.82) is 5.41 Å². The highest BCUT2D eigenvalue weighted by Gasteiger charge is 2.26. The molecule has 0 amide bonds. The summed E-state index contributed by atoms with van der Waals surface area (Å²) in [6.45, 7) is 1.88. The van der Waals surface area contributed by atoms with E-state index in [1.54, 1.807) is 36.4 Å². The molecule has 0 radical (unpaired) electrons. The molecule has 0 aliphatic carbocycles. The Bertz CT molecular complexity index is 1170. The summed E-state index contributed by atoms with van der Waals surface area (Å²) in [5, 5.41) is 7.50. The Labute approximate surface area is 189 Å². The van der Waals surface area contributed by atoms with E-state index in [1.165, 1.54) is 12.1 Å². The Hall–Kier alpha value is -3.29. The molecule has 0 heterocycles. The lowest BCUT2D eigenvalue weighted by molar-refractivity contribution is 0.0948. The lowest BCUT2D eigenvalue weighted by Crippen LogP contribution is -2.41. The molecular formula is C25H27N3O3S. The van der Waals surface area contributed by atoms with E-state index in [0.717, 1.165) is 17.5 Å². The van der Waals surface area contributed by atoms with Crippen LogP contribution < -0.4 is 10.5 Å². The Morgan fingerprint density at radius 2 is 1.53 bits per heavy atom. The van der Waals surface area contributed by atoms with Gasteiger partial charge in [-0.05, 0) is 43.9 Å². The zero-order chi connectivity index (χ0) is 23.1. The quantitative estimate of drug-likeness (QED) is 0.248. The van der Waals surface area contributed by atoms with Crippen molar-refractivity contribution in [3.63, 3.8) is 0 Å². The molecule has 0 spiro atoms. The van der Waals surface area contributed by atoms with Gasteiger partial charge in [-0.2, -0.15) is 0 Å². The largest absolute Gasteiger partial charge is 0.384 e. The molecule has 0 aliphatic rings. The van der Waals surface area contributed by atoms with Crippen molar-refractivity contribution >= 4 is 21.6 Å². The summed E-state index contributed by atoms with van der Waals surface area (Å²) in [6, 6.07) is 21.8. The Morgan fingerprint density at radius 1 is 0.938 bits per heavy atom. The summed E-state index contributed by atoms with van der Waals surface area (Å²) in [5.74, 6) is -0.410. The first kappa shape index (κ1) is 23.4. The summed E-state index contributed by atoms with van der Waals surface area (Å²) < 4.78 is 28.5. The highest BCUT2D eigenvalue weighted by atomic mass is 32.2. The molecule has 1 atom stereocenters. The van der Waals surface area contributed by atoms with Crippen molar-refractivity contribution < 1.29 is 13.2 Å². The lowest BCUT2D eigenvalue weighted by atomic mass is 9.98. The topological polar surface area (TPSA) is 113 Å². The van der Waals surface area contributed by atoms with E-state index in [9.17, 15) is 13.2 Å². The Balaban J connectivity index is 1.81. The van der Waals surface area contributed by atoms with Gasteiger partial charge in [-0.3, -0.25) is 10.2 Å². The minimum Gasteiger partial charge on any atom is -0.384 e. The number of carbonyl (C=O) groups is 1. The average molecular weight is 450 g/mol. The van der Waals surface area contributed by atoms with Gasteiger partial charge in [0.25, 0.3) is 0 Å². The third kappa shape index (κ3) is 6.12. The number of Topliss-reactive ketones (excluding diaryl/α,β-unsaturated/α-hetero) is 1. The summed E-state index contributed by atoms with van der Waals surface area (Å²) >= 11 is 0. The van der Waals surface area contributed by atoms with Crippen LogP contribution in [0.15, 0.2) is 83.8 Å². The van der Waals surface area contributed by atoms with Gasteiger partial charge in [-0.15, -0.1) is 0 Å². The van der Waals surface area contributed by atoms with Gasteiger partial charge in [0.05, 0.1) is 10.9 Å². The fourth-order valence-corrected chi connectivity index (χ4v) is 4.62. The molecule has 0 saturated carbocycles. The van der Waals surface area contributed by atoms with E-state index in [1.807, 2.05) is 37.3 Å². The van der Waals surface area contributed by atoms with Crippen molar-refractivity contribution in [2.45, 2.75) is 37.1 Å². The van der Waals surface area contributed by atoms with E-state index < -0.39 is 16.1 Å². The number of hydrogen-bond acceptors (Lipinski definition) is 4. The molecule has 32 heavy (non-hydrogen) atoms. The van der Waals surface area contributed by atoms with Crippen LogP contribution in [0.4, 0.5) is 0 Å². The first-order valence-corrected chi connectivity index (χ1v) is 11.9. The molecule has 7 heteroatoms. The summed E-state index contributed by atoms with van der Waals surface area (Å²) in [7, 11) is -3.87. The van der Waals surface area contributed by atoms with Gasteiger partial charge in [0.1, 0.15) is 5.84 Å². The van der Waals surface area contributed by atoms with Gasteiger partial charge in [-0.1, -0.05) is 72.3 Å². The van der Waals surface area contributed by atoms with E-state index in [2.05, 4.69) is 4.72 Å². The number of nitrogen functional groups attached to an aromatic ring is 1. The molecule has 0 aromatic heterocycles. The zero-order valence-electron chi connectivity index (χ0n) is 17.9. The second-order valence-electron chi connectivity index (χ2n) is 7.72. The van der Waals surface area contributed by atoms with Crippen LogP contribution in [0.5, 0.6) is 0 Å². The number of rotatable bonds is 10. The first-order valence-electron chi connectivity index (χ1n) is 10.4. The maximum Gasteiger partial charge on any atom is 0.241 e. The lowest BCUT2D eigenvalue weighted by Gasteiger charge is -2.18. The standard InChI is InChI=1S/C25H27N3O3S/c1-18-10-16-22(17-11-18)32(30,31)28-23(9-5-8-19-6-3-2-4-7-19)24(29)20-12-14-21(15-13-20)25(26)27/h2-4,6-7,10-17,23,28H,5,8-9H2,1H3,(H3,26,27). The number of ketones is 1. The molecular weight excluding hydrogens is 422 g/mol. The highest BCUT2D eigenvalue weighted by Crippen LogP contribution is 2.16. The van der Waals surface area contributed by atoms with Crippen molar-refractivity contribution in [1.82, 2.24) is 4.72 Å². The zero-order valence-corrected chi connectivity index (χ0v) is 18.7. The van der Waals surface area contributed by atoms with Crippen LogP contribution in [0.2, 0.25) is 0 Å². The summed E-state index contributed by atoms with van der Waals surface area (Å²) in [5.41, 5.74) is 8.43. The third-order valence-corrected chi connectivity index (χ3v) is 6.71. The van der Waals surface area contributed by atoms with Crippen molar-refractivity contribution in [3.8, 4) is 0 Å². The van der Waals surface area contributed by atoms with E-state index >= 15 is 0 Å². The van der Waals surface area contributed by atoms with Crippen LogP contribution in [-0.2, 0) is 16.4 Å². The van der Waals surface area contributed by atoms with E-state index in [4.69, 9.17) is 11.1 Å². The maximum absolute atomic E-state index is 13.2. The molecule has 0 aliphatic heterocycles. The number of amidine groups is 1. The molecule has 0 fully saturated rings. The molecule has 0 saturated heterocycles. The third-order valence-electron chi connectivity index (χ3n) is 5.23. The molecule has 6 nitrogen and oxygen atoms in total. The van der Waals surface area contributed by atoms with Crippen LogP contribution >= 0.6 is 0 Å². The number of benzene rings is 3. The number of hydrogen-bond donors (Lipinski definition) is 3. The average Bonchev–Trinajstić information content (AvgIpc) is 2.79. The fraction of sp³-hybridized carbons (Fsp3) is 0.200. The SMILES string of the molecule is Cc1ccc(S(=O)(=O)NC(CCCc2ccccc2)C(=O)c2ccc(C(=N)N)cc2)cc1. The fourth-order valence-electron chi connectivity index (χ4n) is 3.39. The molecule has 3 aromatic carbocycles. The predicted molar refractivity (Wildman–Crippen MR) is 126 cm³/mol. The second-order valence-corrected chi connectivity index (χ2v) is 9.43. The van der Waals surface area contributed by atoms with Gasteiger partial charge >= 0.3 is 0 Å². The van der Waals surface area contributed by atoms with Gasteiger partial charge in [0.2, 0.25) is 10.0 Å². The van der Waals surface area contributed by atoms with Crippen LogP contribution in [-0.4, -0.2) is 26.1 Å². The highest BCUT2D eigenvalue weighted by molar-refractivity contribution is 7.89. The minimum atomic E-state index is -3.87. The number of sulfonamides is 1. The molecule has 4 N–H and O–H groups in total. The smallest absolute Gasteiger partial charge is 0.241 e. The minimum absolute atomic E-state index is 0.0940. The number of nitrogens with one attached hydrogen (secondary N) is 2. The van der Waals surface area contributed by atoms with Crippen LogP contribution in [0.1, 0.15) is 39.9 Å². The molecule has 3 aromatic rings.